The maximum Gasteiger partial charge on any atom is 0.246 e. The van der Waals surface area contributed by atoms with Crippen LogP contribution in [0.25, 0.3) is 0 Å². The number of likely N-dealkylation sites (N-methyl/N-ethyl adjacent to an activating group) is 1. The molecular weight excluding hydrogens is 448 g/mol. The van der Waals surface area contributed by atoms with Crippen LogP contribution in [0.4, 0.5) is 5.69 Å². The van der Waals surface area contributed by atoms with Gasteiger partial charge >= 0.3 is 0 Å². The number of hydrogen-bond acceptors (Lipinski definition) is 4. The molecule has 32 heavy (non-hydrogen) atoms. The van der Waals surface area contributed by atoms with Gasteiger partial charge in [0.15, 0.2) is 0 Å². The quantitative estimate of drug-likeness (QED) is 0.465. The number of anilines is 1. The first-order valence-electron chi connectivity index (χ1n) is 9.97. The Hall–Kier alpha value is -3.03. The Morgan fingerprint density at radius 3 is 2.06 bits per heavy atom. The molecule has 0 aliphatic carbocycles. The third-order valence-electron chi connectivity index (χ3n) is 4.85. The van der Waals surface area contributed by atoms with E-state index in [-0.39, 0.29) is 5.91 Å². The van der Waals surface area contributed by atoms with Crippen molar-refractivity contribution in [3.8, 4) is 11.5 Å². The van der Waals surface area contributed by atoms with Gasteiger partial charge in [0.1, 0.15) is 17.5 Å². The molecule has 0 aromatic heterocycles. The summed E-state index contributed by atoms with van der Waals surface area (Å²) in [5, 5.41) is 0.610. The fourth-order valence-corrected chi connectivity index (χ4v) is 4.64. The van der Waals surface area contributed by atoms with E-state index in [0.29, 0.717) is 28.8 Å². The standard InChI is InChI=1S/C24H25ClN2O4S/c1-18(24(28)26(2)17-19-9-11-20(25)12-10-19)27(32(3,29)30)21-13-15-23(16-14-21)31-22-7-5-4-6-8-22/h4-16,18H,17H2,1-3H3. The number of carbonyl (C=O) groups excluding carboxylic acids is 1. The predicted octanol–water partition coefficient (Wildman–Crippen LogP) is 4.95. The zero-order valence-electron chi connectivity index (χ0n) is 18.1. The molecule has 0 N–H and O–H groups in total. The van der Waals surface area contributed by atoms with Crippen molar-refractivity contribution in [2.45, 2.75) is 19.5 Å². The largest absolute Gasteiger partial charge is 0.457 e. The van der Waals surface area contributed by atoms with Crippen LogP contribution in [0, 0.1) is 0 Å². The summed E-state index contributed by atoms with van der Waals surface area (Å²) < 4.78 is 32.1. The molecule has 3 rings (SSSR count). The lowest BCUT2D eigenvalue weighted by molar-refractivity contribution is -0.131. The molecule has 3 aromatic rings. The summed E-state index contributed by atoms with van der Waals surface area (Å²) in [6.07, 6.45) is 1.09. The van der Waals surface area contributed by atoms with Crippen LogP contribution in [-0.4, -0.2) is 38.6 Å². The minimum atomic E-state index is -3.72. The Morgan fingerprint density at radius 2 is 1.50 bits per heavy atom. The van der Waals surface area contributed by atoms with Gasteiger partial charge in [-0.2, -0.15) is 0 Å². The molecule has 1 atom stereocenters. The van der Waals surface area contributed by atoms with E-state index in [1.54, 1.807) is 50.4 Å². The van der Waals surface area contributed by atoms with Gasteiger partial charge in [-0.25, -0.2) is 8.42 Å². The lowest BCUT2D eigenvalue weighted by Crippen LogP contribution is -2.48. The van der Waals surface area contributed by atoms with E-state index in [0.717, 1.165) is 16.1 Å². The third kappa shape index (κ3) is 6.02. The number of rotatable bonds is 8. The van der Waals surface area contributed by atoms with Crippen molar-refractivity contribution in [2.24, 2.45) is 0 Å². The van der Waals surface area contributed by atoms with E-state index in [4.69, 9.17) is 16.3 Å². The molecule has 0 heterocycles. The molecule has 1 unspecified atom stereocenters. The SMILES string of the molecule is CC(C(=O)N(C)Cc1ccc(Cl)cc1)N(c1ccc(Oc2ccccc2)cc1)S(C)(=O)=O. The predicted molar refractivity (Wildman–Crippen MR) is 128 cm³/mol. The van der Waals surface area contributed by atoms with Gasteiger partial charge < -0.3 is 9.64 Å². The van der Waals surface area contributed by atoms with Gasteiger partial charge in [0, 0.05) is 18.6 Å². The van der Waals surface area contributed by atoms with E-state index >= 15 is 0 Å². The third-order valence-corrected chi connectivity index (χ3v) is 6.34. The minimum Gasteiger partial charge on any atom is -0.457 e. The van der Waals surface area contributed by atoms with Crippen LogP contribution in [0.5, 0.6) is 11.5 Å². The van der Waals surface area contributed by atoms with Gasteiger partial charge in [-0.1, -0.05) is 41.9 Å². The van der Waals surface area contributed by atoms with Crippen LogP contribution in [0.3, 0.4) is 0 Å². The summed E-state index contributed by atoms with van der Waals surface area (Å²) in [5.74, 6) is 0.912. The normalized spacial score (nSPS) is 12.1. The lowest BCUT2D eigenvalue weighted by Gasteiger charge is -2.31. The molecular formula is C24H25ClN2O4S. The van der Waals surface area contributed by atoms with Gasteiger partial charge in [0.25, 0.3) is 0 Å². The van der Waals surface area contributed by atoms with E-state index in [9.17, 15) is 13.2 Å². The highest BCUT2D eigenvalue weighted by molar-refractivity contribution is 7.92. The maximum absolute atomic E-state index is 13.1. The zero-order chi connectivity index (χ0) is 23.3. The highest BCUT2D eigenvalue weighted by Crippen LogP contribution is 2.27. The van der Waals surface area contributed by atoms with Crippen LogP contribution < -0.4 is 9.04 Å². The van der Waals surface area contributed by atoms with Crippen molar-refractivity contribution < 1.29 is 17.9 Å². The molecule has 0 aliphatic heterocycles. The van der Waals surface area contributed by atoms with Crippen molar-refractivity contribution in [3.05, 3.63) is 89.4 Å². The van der Waals surface area contributed by atoms with Gasteiger partial charge in [-0.05, 0) is 61.0 Å². The molecule has 0 saturated heterocycles. The second kappa shape index (κ2) is 10.1. The van der Waals surface area contributed by atoms with Crippen LogP contribution >= 0.6 is 11.6 Å². The molecule has 0 aliphatic rings. The Kier molecular flexibility index (Phi) is 7.43. The highest BCUT2D eigenvalue weighted by atomic mass is 35.5. The molecule has 0 radical (unpaired) electrons. The maximum atomic E-state index is 13.1. The number of benzene rings is 3. The van der Waals surface area contributed by atoms with E-state index in [2.05, 4.69) is 0 Å². The number of amides is 1. The topological polar surface area (TPSA) is 66.9 Å². The molecule has 3 aromatic carbocycles. The second-order valence-electron chi connectivity index (χ2n) is 7.46. The number of ether oxygens (including phenoxy) is 1. The van der Waals surface area contributed by atoms with E-state index in [1.165, 1.54) is 4.90 Å². The van der Waals surface area contributed by atoms with Crippen molar-refractivity contribution in [1.29, 1.82) is 0 Å². The minimum absolute atomic E-state index is 0.324. The van der Waals surface area contributed by atoms with E-state index in [1.807, 2.05) is 42.5 Å². The van der Waals surface area contributed by atoms with Crippen LogP contribution in [0.15, 0.2) is 78.9 Å². The fourth-order valence-electron chi connectivity index (χ4n) is 3.35. The van der Waals surface area contributed by atoms with Crippen LogP contribution in [0.2, 0.25) is 5.02 Å². The first kappa shape index (κ1) is 23.6. The molecule has 0 saturated carbocycles. The fraction of sp³-hybridized carbons (Fsp3) is 0.208. The van der Waals surface area contributed by atoms with Crippen LogP contribution in [-0.2, 0) is 21.4 Å². The number of carbonyl (C=O) groups is 1. The summed E-state index contributed by atoms with van der Waals surface area (Å²) in [6, 6.07) is 22.1. The number of halogens is 1. The smallest absolute Gasteiger partial charge is 0.246 e. The van der Waals surface area contributed by atoms with Gasteiger partial charge in [0.05, 0.1) is 11.9 Å². The highest BCUT2D eigenvalue weighted by Gasteiger charge is 2.31. The molecule has 0 spiro atoms. The van der Waals surface area contributed by atoms with E-state index < -0.39 is 16.1 Å². The van der Waals surface area contributed by atoms with Crippen molar-refractivity contribution in [3.63, 3.8) is 0 Å². The molecule has 0 fully saturated rings. The molecule has 6 nitrogen and oxygen atoms in total. The molecule has 0 bridgehead atoms. The van der Waals surface area contributed by atoms with Crippen molar-refractivity contribution in [1.82, 2.24) is 4.90 Å². The Labute approximate surface area is 194 Å². The lowest BCUT2D eigenvalue weighted by atomic mass is 10.2. The average molecular weight is 473 g/mol. The van der Waals surface area contributed by atoms with Crippen LogP contribution in [0.1, 0.15) is 12.5 Å². The van der Waals surface area contributed by atoms with Gasteiger partial charge in [-0.15, -0.1) is 0 Å². The number of sulfonamides is 1. The summed E-state index contributed by atoms with van der Waals surface area (Å²) in [6.45, 7) is 1.91. The summed E-state index contributed by atoms with van der Waals surface area (Å²) in [7, 11) is -2.07. The molecule has 168 valence electrons. The average Bonchev–Trinajstić information content (AvgIpc) is 2.76. The number of para-hydroxylation sites is 1. The second-order valence-corrected chi connectivity index (χ2v) is 9.76. The van der Waals surface area contributed by atoms with Gasteiger partial charge in [-0.3, -0.25) is 9.10 Å². The van der Waals surface area contributed by atoms with Crippen molar-refractivity contribution in [2.75, 3.05) is 17.6 Å². The monoisotopic (exact) mass is 472 g/mol. The Bertz CT molecular complexity index is 1150. The Morgan fingerprint density at radius 1 is 0.938 bits per heavy atom. The Balaban J connectivity index is 1.78. The zero-order valence-corrected chi connectivity index (χ0v) is 19.7. The first-order valence-corrected chi connectivity index (χ1v) is 12.2. The number of hydrogen-bond donors (Lipinski definition) is 0. The first-order chi connectivity index (χ1) is 15.1. The summed E-state index contributed by atoms with van der Waals surface area (Å²) in [4.78, 5) is 14.6. The molecule has 8 heteroatoms. The summed E-state index contributed by atoms with van der Waals surface area (Å²) in [5.41, 5.74) is 1.28. The number of nitrogens with zero attached hydrogens (tertiary/aromatic N) is 2. The van der Waals surface area contributed by atoms with Gasteiger partial charge in [0.2, 0.25) is 15.9 Å². The summed E-state index contributed by atoms with van der Waals surface area (Å²) >= 11 is 5.91. The van der Waals surface area contributed by atoms with Crippen molar-refractivity contribution >= 4 is 33.2 Å². The molecule has 1 amide bonds.